The molecule has 0 aliphatic rings. The fourth-order valence-electron chi connectivity index (χ4n) is 1.18. The Bertz CT molecular complexity index is 433. The van der Waals surface area contributed by atoms with Crippen LogP contribution in [0.4, 0.5) is 10.9 Å². The molecule has 4 heteroatoms. The number of aromatic nitrogens is 2. The molecule has 0 saturated carbocycles. The lowest BCUT2D eigenvalue weighted by atomic mass is 10.3. The monoisotopic (exact) mass is 219 g/mol. The number of nitrogens with one attached hydrogen (secondary N) is 1. The molecule has 1 N–H and O–H groups in total. The number of nitrogens with zero attached hydrogens (tertiary/aromatic N) is 2. The van der Waals surface area contributed by atoms with Crippen LogP contribution in [0.15, 0.2) is 23.7 Å². The summed E-state index contributed by atoms with van der Waals surface area (Å²) in [5.41, 5.74) is 2.28. The van der Waals surface area contributed by atoms with E-state index in [0.717, 1.165) is 28.6 Å². The molecule has 2 aromatic rings. The smallest absolute Gasteiger partial charge is 0.188 e. The third kappa shape index (κ3) is 2.53. The molecular formula is C11H13N3S. The van der Waals surface area contributed by atoms with Gasteiger partial charge in [-0.2, -0.15) is 0 Å². The third-order valence-corrected chi connectivity index (χ3v) is 2.87. The zero-order valence-corrected chi connectivity index (χ0v) is 9.64. The number of pyridine rings is 1. The summed E-state index contributed by atoms with van der Waals surface area (Å²) in [5.74, 6) is 0.845. The summed E-state index contributed by atoms with van der Waals surface area (Å²) in [6.07, 6.45) is 2.82. The molecule has 0 fully saturated rings. The van der Waals surface area contributed by atoms with Gasteiger partial charge in [0, 0.05) is 11.6 Å². The molecule has 0 saturated heterocycles. The third-order valence-electron chi connectivity index (χ3n) is 2.06. The van der Waals surface area contributed by atoms with Gasteiger partial charge < -0.3 is 5.32 Å². The van der Waals surface area contributed by atoms with E-state index in [1.54, 1.807) is 11.3 Å². The van der Waals surface area contributed by atoms with E-state index in [4.69, 9.17) is 0 Å². The lowest BCUT2D eigenvalue weighted by molar-refractivity contribution is 1.06. The molecule has 0 spiro atoms. The van der Waals surface area contributed by atoms with Crippen LogP contribution in [0.2, 0.25) is 0 Å². The molecular weight excluding hydrogens is 206 g/mol. The Morgan fingerprint density at radius 3 is 2.87 bits per heavy atom. The van der Waals surface area contributed by atoms with Gasteiger partial charge in [0.1, 0.15) is 5.82 Å². The zero-order valence-electron chi connectivity index (χ0n) is 8.82. The normalized spacial score (nSPS) is 10.3. The summed E-state index contributed by atoms with van der Waals surface area (Å²) in [5, 5.41) is 6.15. The maximum Gasteiger partial charge on any atom is 0.188 e. The van der Waals surface area contributed by atoms with Gasteiger partial charge >= 0.3 is 0 Å². The summed E-state index contributed by atoms with van der Waals surface area (Å²) in [4.78, 5) is 8.68. The van der Waals surface area contributed by atoms with E-state index in [1.807, 2.05) is 25.3 Å². The van der Waals surface area contributed by atoms with Crippen LogP contribution in [0.3, 0.4) is 0 Å². The predicted octanol–water partition coefficient (Wildman–Crippen LogP) is 3.15. The molecule has 2 aromatic heterocycles. The Morgan fingerprint density at radius 2 is 2.27 bits per heavy atom. The summed E-state index contributed by atoms with van der Waals surface area (Å²) in [6.45, 7) is 4.12. The molecule has 78 valence electrons. The van der Waals surface area contributed by atoms with Crippen molar-refractivity contribution >= 4 is 22.3 Å². The number of anilines is 2. The minimum Gasteiger partial charge on any atom is -0.316 e. The van der Waals surface area contributed by atoms with Crippen LogP contribution in [0.1, 0.15) is 18.2 Å². The van der Waals surface area contributed by atoms with E-state index in [1.165, 1.54) is 0 Å². The number of thiazole rings is 1. The van der Waals surface area contributed by atoms with Crippen LogP contribution in [-0.2, 0) is 6.42 Å². The van der Waals surface area contributed by atoms with Crippen molar-refractivity contribution in [3.63, 3.8) is 0 Å². The number of hydrogen-bond donors (Lipinski definition) is 1. The molecule has 0 aliphatic carbocycles. The van der Waals surface area contributed by atoms with Crippen molar-refractivity contribution < 1.29 is 0 Å². The molecule has 0 unspecified atom stereocenters. The molecule has 0 amide bonds. The number of aryl methyl sites for hydroxylation is 2. The second kappa shape index (κ2) is 4.40. The van der Waals surface area contributed by atoms with Gasteiger partial charge in [0.25, 0.3) is 0 Å². The molecule has 3 nitrogen and oxygen atoms in total. The molecule has 2 rings (SSSR count). The first kappa shape index (κ1) is 10.1. The SMILES string of the molecule is CCc1csc(Nc2ccc(C)cn2)n1. The van der Waals surface area contributed by atoms with Crippen LogP contribution in [0.25, 0.3) is 0 Å². The summed E-state index contributed by atoms with van der Waals surface area (Å²) >= 11 is 1.61. The highest BCUT2D eigenvalue weighted by molar-refractivity contribution is 7.13. The van der Waals surface area contributed by atoms with Crippen molar-refractivity contribution in [3.05, 3.63) is 35.0 Å². The van der Waals surface area contributed by atoms with Gasteiger partial charge in [-0.25, -0.2) is 9.97 Å². The van der Waals surface area contributed by atoms with Gasteiger partial charge in [0.2, 0.25) is 0 Å². The highest BCUT2D eigenvalue weighted by Crippen LogP contribution is 2.19. The van der Waals surface area contributed by atoms with Crippen molar-refractivity contribution in [2.45, 2.75) is 20.3 Å². The van der Waals surface area contributed by atoms with E-state index < -0.39 is 0 Å². The van der Waals surface area contributed by atoms with Crippen molar-refractivity contribution in [1.29, 1.82) is 0 Å². The summed E-state index contributed by atoms with van der Waals surface area (Å²) in [6, 6.07) is 3.99. The van der Waals surface area contributed by atoms with Crippen molar-refractivity contribution in [3.8, 4) is 0 Å². The standard InChI is InChI=1S/C11H13N3S/c1-3-9-7-15-11(13-9)14-10-5-4-8(2)6-12-10/h4-7H,3H2,1-2H3,(H,12,13,14). The van der Waals surface area contributed by atoms with Crippen LogP contribution < -0.4 is 5.32 Å². The van der Waals surface area contributed by atoms with E-state index in [9.17, 15) is 0 Å². The predicted molar refractivity (Wildman–Crippen MR) is 63.7 cm³/mol. The van der Waals surface area contributed by atoms with Crippen LogP contribution >= 0.6 is 11.3 Å². The van der Waals surface area contributed by atoms with Gasteiger partial charge in [-0.15, -0.1) is 11.3 Å². The maximum atomic E-state index is 4.41. The molecule has 2 heterocycles. The molecule has 15 heavy (non-hydrogen) atoms. The van der Waals surface area contributed by atoms with Crippen LogP contribution in [-0.4, -0.2) is 9.97 Å². The van der Waals surface area contributed by atoms with Crippen LogP contribution in [0.5, 0.6) is 0 Å². The number of rotatable bonds is 3. The van der Waals surface area contributed by atoms with Gasteiger partial charge in [-0.1, -0.05) is 13.0 Å². The lowest BCUT2D eigenvalue weighted by Crippen LogP contribution is -1.93. The minimum absolute atomic E-state index is 0.845. The van der Waals surface area contributed by atoms with Crippen molar-refractivity contribution in [2.24, 2.45) is 0 Å². The first-order valence-corrected chi connectivity index (χ1v) is 5.80. The molecule has 0 aliphatic heterocycles. The molecule has 0 atom stereocenters. The highest BCUT2D eigenvalue weighted by atomic mass is 32.1. The zero-order chi connectivity index (χ0) is 10.7. The van der Waals surface area contributed by atoms with E-state index >= 15 is 0 Å². The van der Waals surface area contributed by atoms with E-state index in [0.29, 0.717) is 0 Å². The lowest BCUT2D eigenvalue weighted by Gasteiger charge is -2.00. The second-order valence-corrected chi connectivity index (χ2v) is 4.20. The van der Waals surface area contributed by atoms with Crippen molar-refractivity contribution in [1.82, 2.24) is 9.97 Å². The van der Waals surface area contributed by atoms with Gasteiger partial charge in [-0.3, -0.25) is 0 Å². The Balaban J connectivity index is 2.11. The van der Waals surface area contributed by atoms with Crippen LogP contribution in [0, 0.1) is 6.92 Å². The largest absolute Gasteiger partial charge is 0.316 e. The Hall–Kier alpha value is -1.42. The minimum atomic E-state index is 0.845. The van der Waals surface area contributed by atoms with E-state index in [2.05, 4.69) is 27.6 Å². The molecule has 0 radical (unpaired) electrons. The Morgan fingerprint density at radius 1 is 1.40 bits per heavy atom. The average molecular weight is 219 g/mol. The summed E-state index contributed by atoms with van der Waals surface area (Å²) < 4.78 is 0. The first-order valence-electron chi connectivity index (χ1n) is 4.92. The quantitative estimate of drug-likeness (QED) is 0.861. The molecule has 0 bridgehead atoms. The fourth-order valence-corrected chi connectivity index (χ4v) is 1.98. The fraction of sp³-hybridized carbons (Fsp3) is 0.273. The average Bonchev–Trinajstić information content (AvgIpc) is 2.69. The second-order valence-electron chi connectivity index (χ2n) is 3.34. The number of hydrogen-bond acceptors (Lipinski definition) is 4. The maximum absolute atomic E-state index is 4.41. The van der Waals surface area contributed by atoms with E-state index in [-0.39, 0.29) is 0 Å². The van der Waals surface area contributed by atoms with Gasteiger partial charge in [0.15, 0.2) is 5.13 Å². The Labute approximate surface area is 93.2 Å². The highest BCUT2D eigenvalue weighted by Gasteiger charge is 2.00. The van der Waals surface area contributed by atoms with Gasteiger partial charge in [-0.05, 0) is 25.0 Å². The topological polar surface area (TPSA) is 37.8 Å². The van der Waals surface area contributed by atoms with Crippen molar-refractivity contribution in [2.75, 3.05) is 5.32 Å². The van der Waals surface area contributed by atoms with Gasteiger partial charge in [0.05, 0.1) is 5.69 Å². The summed E-state index contributed by atoms with van der Waals surface area (Å²) in [7, 11) is 0. The molecule has 0 aromatic carbocycles. The Kier molecular flexibility index (Phi) is 2.97. The first-order chi connectivity index (χ1) is 7.28.